The molecule has 1 atom stereocenters. The fraction of sp³-hybridized carbons (Fsp3) is 0.444. The van der Waals surface area contributed by atoms with Crippen LogP contribution in [-0.2, 0) is 26.2 Å². The first-order valence-corrected chi connectivity index (χ1v) is 10.3. The minimum absolute atomic E-state index is 0.0410. The van der Waals surface area contributed by atoms with Crippen molar-refractivity contribution in [2.75, 3.05) is 12.3 Å². The Morgan fingerprint density at radius 3 is 2.85 bits per heavy atom. The van der Waals surface area contributed by atoms with Crippen molar-refractivity contribution in [3.05, 3.63) is 42.2 Å². The second kappa shape index (κ2) is 8.01. The van der Waals surface area contributed by atoms with Crippen LogP contribution in [0.5, 0.6) is 0 Å². The van der Waals surface area contributed by atoms with Gasteiger partial charge in [-0.05, 0) is 19.3 Å². The van der Waals surface area contributed by atoms with Gasteiger partial charge in [0.25, 0.3) is 0 Å². The lowest BCUT2D eigenvalue weighted by Gasteiger charge is -2.22. The summed E-state index contributed by atoms with van der Waals surface area (Å²) in [6.07, 6.45) is 1.65. The van der Waals surface area contributed by atoms with Crippen LogP contribution in [0.3, 0.4) is 0 Å². The van der Waals surface area contributed by atoms with E-state index in [1.807, 2.05) is 30.3 Å². The molecule has 1 aromatic heterocycles. The molecule has 1 saturated heterocycles. The molecule has 2 aromatic rings. The molecule has 140 valence electrons. The van der Waals surface area contributed by atoms with Gasteiger partial charge in [-0.1, -0.05) is 42.4 Å². The number of ether oxygens (including phenoxy) is 1. The fourth-order valence-corrected chi connectivity index (χ4v) is 4.79. The first-order chi connectivity index (χ1) is 12.5. The number of sulfonamides is 1. The van der Waals surface area contributed by atoms with Crippen molar-refractivity contribution in [1.82, 2.24) is 9.46 Å². The maximum atomic E-state index is 12.4. The Labute approximate surface area is 153 Å². The van der Waals surface area contributed by atoms with E-state index in [0.717, 1.165) is 5.56 Å². The van der Waals surface area contributed by atoms with Crippen molar-refractivity contribution in [3.8, 4) is 11.3 Å². The summed E-state index contributed by atoms with van der Waals surface area (Å²) in [6.45, 7) is 2.09. The predicted octanol–water partition coefficient (Wildman–Crippen LogP) is 2.59. The maximum absolute atomic E-state index is 12.4. The zero-order valence-corrected chi connectivity index (χ0v) is 15.4. The number of hydrogen-bond acceptors (Lipinski definition) is 6. The van der Waals surface area contributed by atoms with Crippen molar-refractivity contribution in [3.63, 3.8) is 0 Å². The first-order valence-electron chi connectivity index (χ1n) is 8.68. The number of hydrogen-bond donors (Lipinski definition) is 0. The van der Waals surface area contributed by atoms with E-state index < -0.39 is 22.0 Å². The Bertz CT molecular complexity index is 847. The van der Waals surface area contributed by atoms with Crippen molar-refractivity contribution in [2.24, 2.45) is 0 Å². The molecule has 0 saturated carbocycles. The highest BCUT2D eigenvalue weighted by molar-refractivity contribution is 7.89. The number of rotatable bonds is 7. The van der Waals surface area contributed by atoms with Gasteiger partial charge >= 0.3 is 5.97 Å². The number of aromatic nitrogens is 1. The van der Waals surface area contributed by atoms with Crippen LogP contribution in [-0.4, -0.2) is 42.2 Å². The van der Waals surface area contributed by atoms with Crippen LogP contribution in [0.1, 0.15) is 31.9 Å². The van der Waals surface area contributed by atoms with Crippen molar-refractivity contribution >= 4 is 16.0 Å². The van der Waals surface area contributed by atoms with Crippen molar-refractivity contribution < 1.29 is 22.5 Å². The fourth-order valence-electron chi connectivity index (χ4n) is 3.05. The Morgan fingerprint density at radius 1 is 1.35 bits per heavy atom. The van der Waals surface area contributed by atoms with Crippen LogP contribution in [0.2, 0.25) is 0 Å². The molecule has 8 heteroatoms. The molecule has 7 nitrogen and oxygen atoms in total. The summed E-state index contributed by atoms with van der Waals surface area (Å²) in [7, 11) is -3.42. The van der Waals surface area contributed by atoms with E-state index in [2.05, 4.69) is 5.16 Å². The summed E-state index contributed by atoms with van der Waals surface area (Å²) in [4.78, 5) is 12.4. The van der Waals surface area contributed by atoms with Gasteiger partial charge in [0.15, 0.2) is 12.4 Å². The topological polar surface area (TPSA) is 89.7 Å². The summed E-state index contributed by atoms with van der Waals surface area (Å²) in [5, 5.41) is 3.97. The van der Waals surface area contributed by atoms with Gasteiger partial charge in [0.05, 0.1) is 5.75 Å². The third kappa shape index (κ3) is 4.13. The Morgan fingerprint density at radius 2 is 2.12 bits per heavy atom. The molecule has 26 heavy (non-hydrogen) atoms. The number of carbonyl (C=O) groups excluding carboxylic acids is 1. The third-order valence-corrected chi connectivity index (χ3v) is 6.36. The lowest BCUT2D eigenvalue weighted by atomic mass is 10.1. The second-order valence-corrected chi connectivity index (χ2v) is 8.28. The van der Waals surface area contributed by atoms with Crippen molar-refractivity contribution in [1.29, 1.82) is 0 Å². The van der Waals surface area contributed by atoms with Crippen LogP contribution in [0.4, 0.5) is 0 Å². The smallest absolute Gasteiger partial charge is 0.324 e. The predicted molar refractivity (Wildman–Crippen MR) is 95.5 cm³/mol. The minimum atomic E-state index is -3.42. The summed E-state index contributed by atoms with van der Waals surface area (Å²) in [5.74, 6) is -0.0859. The minimum Gasteiger partial charge on any atom is -0.456 e. The van der Waals surface area contributed by atoms with Crippen LogP contribution in [0.25, 0.3) is 11.3 Å². The zero-order chi connectivity index (χ0) is 18.6. The number of nitrogens with zero attached hydrogens (tertiary/aromatic N) is 2. The Kier molecular flexibility index (Phi) is 5.73. The third-order valence-electron chi connectivity index (χ3n) is 4.28. The molecule has 0 amide bonds. The van der Waals surface area contributed by atoms with Crippen molar-refractivity contribution in [2.45, 2.75) is 38.8 Å². The maximum Gasteiger partial charge on any atom is 0.324 e. The lowest BCUT2D eigenvalue weighted by molar-refractivity contribution is -0.149. The summed E-state index contributed by atoms with van der Waals surface area (Å²) < 4.78 is 36.3. The Balaban J connectivity index is 1.61. The van der Waals surface area contributed by atoms with Gasteiger partial charge in [0, 0.05) is 18.2 Å². The lowest BCUT2D eigenvalue weighted by Crippen LogP contribution is -2.42. The van der Waals surface area contributed by atoms with Gasteiger partial charge in [-0.15, -0.1) is 0 Å². The molecule has 0 radical (unpaired) electrons. The van der Waals surface area contributed by atoms with E-state index in [0.29, 0.717) is 37.3 Å². The molecule has 1 fully saturated rings. The summed E-state index contributed by atoms with van der Waals surface area (Å²) in [5.41, 5.74) is 1.56. The quantitative estimate of drug-likeness (QED) is 0.688. The largest absolute Gasteiger partial charge is 0.456 e. The van der Waals surface area contributed by atoms with Gasteiger partial charge in [-0.2, -0.15) is 4.31 Å². The van der Waals surface area contributed by atoms with E-state index in [4.69, 9.17) is 9.26 Å². The average molecular weight is 378 g/mol. The molecule has 3 rings (SSSR count). The van der Waals surface area contributed by atoms with E-state index in [-0.39, 0.29) is 12.4 Å². The molecule has 0 bridgehead atoms. The highest BCUT2D eigenvalue weighted by Gasteiger charge is 2.39. The zero-order valence-electron chi connectivity index (χ0n) is 14.6. The molecule has 0 aliphatic carbocycles. The van der Waals surface area contributed by atoms with Gasteiger partial charge < -0.3 is 9.26 Å². The van der Waals surface area contributed by atoms with E-state index in [9.17, 15) is 13.2 Å². The molecule has 1 aliphatic rings. The molecule has 0 N–H and O–H groups in total. The molecule has 0 spiro atoms. The molecule has 2 heterocycles. The molecule has 1 aromatic carbocycles. The molecular formula is C18H22N2O5S. The normalized spacial score (nSPS) is 18.1. The monoisotopic (exact) mass is 378 g/mol. The molecule has 1 aliphatic heterocycles. The summed E-state index contributed by atoms with van der Waals surface area (Å²) in [6, 6.07) is 10.5. The van der Waals surface area contributed by atoms with Gasteiger partial charge in [-0.25, -0.2) is 8.42 Å². The van der Waals surface area contributed by atoms with E-state index >= 15 is 0 Å². The van der Waals surface area contributed by atoms with Gasteiger partial charge in [-0.3, -0.25) is 4.79 Å². The number of esters is 1. The molecule has 1 unspecified atom stereocenters. The second-order valence-electron chi connectivity index (χ2n) is 6.24. The van der Waals surface area contributed by atoms with Crippen LogP contribution < -0.4 is 0 Å². The van der Waals surface area contributed by atoms with Crippen LogP contribution >= 0.6 is 0 Å². The number of benzene rings is 1. The summed E-state index contributed by atoms with van der Waals surface area (Å²) >= 11 is 0. The van der Waals surface area contributed by atoms with Gasteiger partial charge in [0.2, 0.25) is 10.0 Å². The van der Waals surface area contributed by atoms with Gasteiger partial charge in [0.1, 0.15) is 11.7 Å². The first kappa shape index (κ1) is 18.6. The SMILES string of the molecule is CCCS(=O)(=O)N1CCCC1C(=O)OCc1cc(-c2ccccc2)no1. The van der Waals surface area contributed by atoms with E-state index in [1.54, 1.807) is 13.0 Å². The highest BCUT2D eigenvalue weighted by Crippen LogP contribution is 2.24. The molecular weight excluding hydrogens is 356 g/mol. The highest BCUT2D eigenvalue weighted by atomic mass is 32.2. The van der Waals surface area contributed by atoms with E-state index in [1.165, 1.54) is 4.31 Å². The Hall–Kier alpha value is -2.19. The average Bonchev–Trinajstić information content (AvgIpc) is 3.30. The number of carbonyl (C=O) groups is 1. The van der Waals surface area contributed by atoms with Crippen LogP contribution in [0, 0.1) is 0 Å². The van der Waals surface area contributed by atoms with Crippen LogP contribution in [0.15, 0.2) is 40.9 Å². The standard InChI is InChI=1S/C18H22N2O5S/c1-2-11-26(22,23)20-10-6-9-17(20)18(21)24-13-15-12-16(19-25-15)14-7-4-3-5-8-14/h3-5,7-8,12,17H,2,6,9-11,13H2,1H3.